The molecule has 1 rings (SSSR count). The van der Waals surface area contributed by atoms with Gasteiger partial charge in [-0.2, -0.15) is 0 Å². The van der Waals surface area contributed by atoms with Gasteiger partial charge in [-0.15, -0.1) is 0 Å². The molecule has 2 N–H and O–H groups in total. The zero-order chi connectivity index (χ0) is 21.0. The largest absolute Gasteiger partial charge is 0.491 e. The van der Waals surface area contributed by atoms with Crippen LogP contribution in [0.15, 0.2) is 24.3 Å². The first-order chi connectivity index (χ1) is 14.2. The molecule has 0 heterocycles. The van der Waals surface area contributed by atoms with Crippen molar-refractivity contribution in [2.24, 2.45) is 0 Å². The van der Waals surface area contributed by atoms with Crippen molar-refractivity contribution in [1.82, 2.24) is 0 Å². The van der Waals surface area contributed by atoms with E-state index in [4.69, 9.17) is 29.4 Å². The van der Waals surface area contributed by atoms with Gasteiger partial charge in [-0.25, -0.2) is 0 Å². The second-order valence-electron chi connectivity index (χ2n) is 6.64. The van der Waals surface area contributed by atoms with Crippen LogP contribution in [0.4, 0.5) is 5.69 Å². The van der Waals surface area contributed by atoms with Crippen LogP contribution in [0.5, 0.6) is 5.75 Å². The molecule has 0 spiro atoms. The van der Waals surface area contributed by atoms with Crippen LogP contribution in [-0.4, -0.2) is 58.8 Å². The minimum Gasteiger partial charge on any atom is -0.491 e. The number of rotatable bonds is 19. The van der Waals surface area contributed by atoms with Crippen molar-refractivity contribution >= 4 is 11.7 Å². The lowest BCUT2D eigenvalue weighted by Gasteiger charge is -2.08. The van der Waals surface area contributed by atoms with Gasteiger partial charge < -0.3 is 29.4 Å². The second-order valence-corrected chi connectivity index (χ2v) is 6.64. The molecule has 0 fully saturated rings. The Labute approximate surface area is 174 Å². The highest BCUT2D eigenvalue weighted by Crippen LogP contribution is 2.12. The number of nitrogens with two attached hydrogens (primary N) is 1. The van der Waals surface area contributed by atoms with Crippen molar-refractivity contribution < 1.29 is 28.5 Å². The molecule has 7 nitrogen and oxygen atoms in total. The van der Waals surface area contributed by atoms with Crippen LogP contribution >= 0.6 is 0 Å². The third-order valence-electron chi connectivity index (χ3n) is 4.10. The fourth-order valence-electron chi connectivity index (χ4n) is 2.48. The lowest BCUT2D eigenvalue weighted by atomic mass is 10.1. The van der Waals surface area contributed by atoms with Gasteiger partial charge in [0, 0.05) is 12.1 Å². The van der Waals surface area contributed by atoms with E-state index in [0.29, 0.717) is 65.0 Å². The van der Waals surface area contributed by atoms with Gasteiger partial charge in [-0.1, -0.05) is 32.6 Å². The average Bonchev–Trinajstić information content (AvgIpc) is 2.72. The third kappa shape index (κ3) is 15.7. The summed E-state index contributed by atoms with van der Waals surface area (Å²) in [6.07, 6.45) is 6.13. The molecule has 0 aliphatic carbocycles. The first-order valence-corrected chi connectivity index (χ1v) is 10.6. The third-order valence-corrected chi connectivity index (χ3v) is 4.10. The summed E-state index contributed by atoms with van der Waals surface area (Å²) in [5.41, 5.74) is 6.32. The molecule has 0 saturated carbocycles. The topological polar surface area (TPSA) is 89.2 Å². The molecule has 166 valence electrons. The standard InChI is InChI=1S/C22H37NO6/c1-2-3-4-5-6-7-22(24)29-19-17-27-15-13-25-12-14-26-16-18-28-21-10-8-20(23)9-11-21/h8-11H,2-7,12-19,23H2,1H3. The summed E-state index contributed by atoms with van der Waals surface area (Å²) in [6, 6.07) is 7.25. The summed E-state index contributed by atoms with van der Waals surface area (Å²) in [4.78, 5) is 11.5. The highest BCUT2D eigenvalue weighted by molar-refractivity contribution is 5.69. The number of anilines is 1. The molecule has 7 heteroatoms. The molecule has 0 saturated heterocycles. The van der Waals surface area contributed by atoms with Crippen molar-refractivity contribution in [3.05, 3.63) is 24.3 Å². The van der Waals surface area contributed by atoms with Gasteiger partial charge in [0.15, 0.2) is 0 Å². The molecule has 0 aliphatic heterocycles. The van der Waals surface area contributed by atoms with Gasteiger partial charge in [0.05, 0.1) is 39.6 Å². The van der Waals surface area contributed by atoms with Crippen LogP contribution in [0.2, 0.25) is 0 Å². The summed E-state index contributed by atoms with van der Waals surface area (Å²) in [7, 11) is 0. The number of hydrogen-bond donors (Lipinski definition) is 1. The zero-order valence-electron chi connectivity index (χ0n) is 17.7. The molecular weight excluding hydrogens is 374 g/mol. The smallest absolute Gasteiger partial charge is 0.305 e. The van der Waals surface area contributed by atoms with E-state index >= 15 is 0 Å². The Balaban J connectivity index is 1.76. The van der Waals surface area contributed by atoms with Crippen molar-refractivity contribution in [2.75, 3.05) is 58.6 Å². The quantitative estimate of drug-likeness (QED) is 0.211. The number of nitrogen functional groups attached to an aromatic ring is 1. The summed E-state index contributed by atoms with van der Waals surface area (Å²) in [5, 5.41) is 0. The maximum atomic E-state index is 11.5. The molecule has 0 aliphatic rings. The number of unbranched alkanes of at least 4 members (excludes halogenated alkanes) is 4. The van der Waals surface area contributed by atoms with Crippen LogP contribution in [-0.2, 0) is 23.7 Å². The Kier molecular flexibility index (Phi) is 15.8. The summed E-state index contributed by atoms with van der Waals surface area (Å²) < 4.78 is 26.9. The Morgan fingerprint density at radius 1 is 0.759 bits per heavy atom. The van der Waals surface area contributed by atoms with Gasteiger partial charge >= 0.3 is 5.97 Å². The Hall–Kier alpha value is -1.83. The molecule has 0 atom stereocenters. The SMILES string of the molecule is CCCCCCCC(=O)OCCOCCOCCOCCOc1ccc(N)cc1. The van der Waals surface area contributed by atoms with E-state index < -0.39 is 0 Å². The molecule has 29 heavy (non-hydrogen) atoms. The van der Waals surface area contributed by atoms with Crippen LogP contribution < -0.4 is 10.5 Å². The number of carbonyl (C=O) groups excluding carboxylic acids is 1. The Morgan fingerprint density at radius 2 is 1.31 bits per heavy atom. The summed E-state index contributed by atoms with van der Waals surface area (Å²) in [5.74, 6) is 0.632. The van der Waals surface area contributed by atoms with E-state index in [1.807, 2.05) is 12.1 Å². The first-order valence-electron chi connectivity index (χ1n) is 10.6. The van der Waals surface area contributed by atoms with Gasteiger partial charge in [-0.05, 0) is 30.7 Å². The maximum absolute atomic E-state index is 11.5. The number of esters is 1. The summed E-state index contributed by atoms with van der Waals surface area (Å²) >= 11 is 0. The molecule has 1 aromatic rings. The van der Waals surface area contributed by atoms with Crippen LogP contribution in [0, 0.1) is 0 Å². The molecule has 1 aromatic carbocycles. The normalized spacial score (nSPS) is 10.8. The van der Waals surface area contributed by atoms with Crippen molar-refractivity contribution in [3.63, 3.8) is 0 Å². The van der Waals surface area contributed by atoms with E-state index in [0.717, 1.165) is 18.6 Å². The fraction of sp³-hybridized carbons (Fsp3) is 0.682. The highest BCUT2D eigenvalue weighted by atomic mass is 16.6. The van der Waals surface area contributed by atoms with Crippen LogP contribution in [0.1, 0.15) is 45.4 Å². The monoisotopic (exact) mass is 411 g/mol. The molecule has 0 bridgehead atoms. The number of ether oxygens (including phenoxy) is 5. The van der Waals surface area contributed by atoms with Crippen molar-refractivity contribution in [2.45, 2.75) is 45.4 Å². The van der Waals surface area contributed by atoms with E-state index in [1.165, 1.54) is 19.3 Å². The average molecular weight is 412 g/mol. The maximum Gasteiger partial charge on any atom is 0.305 e. The minimum atomic E-state index is -0.140. The number of carbonyl (C=O) groups is 1. The Bertz CT molecular complexity index is 509. The van der Waals surface area contributed by atoms with Crippen LogP contribution in [0.25, 0.3) is 0 Å². The predicted octanol–water partition coefficient (Wildman–Crippen LogP) is 3.60. The van der Waals surface area contributed by atoms with Crippen LogP contribution in [0.3, 0.4) is 0 Å². The molecule has 0 amide bonds. The first kappa shape index (κ1) is 25.2. The summed E-state index contributed by atoms with van der Waals surface area (Å²) in [6.45, 7) is 5.78. The van der Waals surface area contributed by atoms with E-state index in [1.54, 1.807) is 12.1 Å². The molecule has 0 unspecified atom stereocenters. The van der Waals surface area contributed by atoms with Crippen molar-refractivity contribution in [3.8, 4) is 5.75 Å². The van der Waals surface area contributed by atoms with Gasteiger partial charge in [0.1, 0.15) is 19.0 Å². The Morgan fingerprint density at radius 3 is 1.93 bits per heavy atom. The number of benzene rings is 1. The van der Waals surface area contributed by atoms with Crippen molar-refractivity contribution in [1.29, 1.82) is 0 Å². The van der Waals surface area contributed by atoms with Gasteiger partial charge in [0.25, 0.3) is 0 Å². The van der Waals surface area contributed by atoms with Gasteiger partial charge in [0.2, 0.25) is 0 Å². The lowest BCUT2D eigenvalue weighted by molar-refractivity contribution is -0.145. The zero-order valence-corrected chi connectivity index (χ0v) is 17.7. The minimum absolute atomic E-state index is 0.140. The fourth-order valence-corrected chi connectivity index (χ4v) is 2.48. The molecular formula is C22H37NO6. The van der Waals surface area contributed by atoms with E-state index in [-0.39, 0.29) is 5.97 Å². The predicted molar refractivity (Wildman–Crippen MR) is 113 cm³/mol. The second kappa shape index (κ2) is 18.2. The lowest BCUT2D eigenvalue weighted by Crippen LogP contribution is -2.14. The molecule has 0 aromatic heterocycles. The van der Waals surface area contributed by atoms with Gasteiger partial charge in [-0.3, -0.25) is 4.79 Å². The molecule has 0 radical (unpaired) electrons. The number of hydrogen-bond acceptors (Lipinski definition) is 7. The highest BCUT2D eigenvalue weighted by Gasteiger charge is 2.02. The van der Waals surface area contributed by atoms with E-state index in [2.05, 4.69) is 6.92 Å². The van der Waals surface area contributed by atoms with E-state index in [9.17, 15) is 4.79 Å².